The van der Waals surface area contributed by atoms with Gasteiger partial charge in [-0.25, -0.2) is 9.48 Å². The van der Waals surface area contributed by atoms with Crippen LogP contribution in [0.3, 0.4) is 0 Å². The summed E-state index contributed by atoms with van der Waals surface area (Å²) < 4.78 is 12.5. The van der Waals surface area contributed by atoms with E-state index in [1.807, 2.05) is 38.1 Å². The van der Waals surface area contributed by atoms with Crippen LogP contribution in [0.5, 0.6) is 5.75 Å². The molecule has 1 aromatic heterocycles. The fourth-order valence-electron chi connectivity index (χ4n) is 2.58. The van der Waals surface area contributed by atoms with Crippen molar-refractivity contribution >= 4 is 17.0 Å². The Morgan fingerprint density at radius 1 is 1.21 bits per heavy atom. The number of benzene rings is 2. The van der Waals surface area contributed by atoms with Gasteiger partial charge >= 0.3 is 5.97 Å². The average Bonchev–Trinajstić information content (AvgIpc) is 3.02. The van der Waals surface area contributed by atoms with Crippen molar-refractivity contribution in [2.75, 3.05) is 7.11 Å². The molecule has 0 saturated heterocycles. The molecule has 0 aliphatic rings. The number of esters is 1. The molecule has 124 valence electrons. The summed E-state index contributed by atoms with van der Waals surface area (Å²) in [5, 5.41) is 8.11. The highest BCUT2D eigenvalue weighted by Crippen LogP contribution is 2.21. The second-order valence-electron chi connectivity index (χ2n) is 5.50. The Morgan fingerprint density at radius 2 is 2.04 bits per heavy atom. The molecule has 1 heterocycles. The monoisotopic (exact) mass is 325 g/mol. The Balaban J connectivity index is 1.77. The first-order chi connectivity index (χ1) is 11.6. The maximum atomic E-state index is 12.3. The molecule has 3 rings (SSSR count). The number of aromatic nitrogens is 3. The van der Waals surface area contributed by atoms with Crippen molar-refractivity contribution in [1.29, 1.82) is 0 Å². The number of rotatable bonds is 5. The molecule has 0 unspecified atom stereocenters. The standard InChI is InChI=1S/C18H19N3O3/c1-4-21-16-7-6-13(10-15(16)19-20-21)18(22)24-11-14-9-12(2)5-8-17(14)23-3/h5-10H,4,11H2,1-3H3. The quantitative estimate of drug-likeness (QED) is 0.674. The van der Waals surface area contributed by atoms with Crippen molar-refractivity contribution in [3.05, 3.63) is 53.1 Å². The molecular weight excluding hydrogens is 306 g/mol. The van der Waals surface area contributed by atoms with E-state index in [1.165, 1.54) is 0 Å². The number of fused-ring (bicyclic) bond motifs is 1. The maximum Gasteiger partial charge on any atom is 0.338 e. The Hall–Kier alpha value is -2.89. The molecule has 0 bridgehead atoms. The number of carbonyl (C=O) groups is 1. The zero-order chi connectivity index (χ0) is 17.1. The van der Waals surface area contributed by atoms with E-state index in [0.717, 1.165) is 23.2 Å². The van der Waals surface area contributed by atoms with Gasteiger partial charge in [-0.2, -0.15) is 0 Å². The first-order valence-electron chi connectivity index (χ1n) is 7.76. The first kappa shape index (κ1) is 16.0. The molecule has 24 heavy (non-hydrogen) atoms. The van der Waals surface area contributed by atoms with Gasteiger partial charge in [-0.1, -0.05) is 16.8 Å². The van der Waals surface area contributed by atoms with Gasteiger partial charge in [0.15, 0.2) is 0 Å². The van der Waals surface area contributed by atoms with Crippen LogP contribution in [-0.2, 0) is 17.9 Å². The number of aryl methyl sites for hydroxylation is 2. The normalized spacial score (nSPS) is 10.8. The molecular formula is C18H19N3O3. The summed E-state index contributed by atoms with van der Waals surface area (Å²) >= 11 is 0. The van der Waals surface area contributed by atoms with Crippen LogP contribution in [-0.4, -0.2) is 28.1 Å². The molecule has 6 nitrogen and oxygen atoms in total. The number of hydrogen-bond acceptors (Lipinski definition) is 5. The van der Waals surface area contributed by atoms with Crippen molar-refractivity contribution < 1.29 is 14.3 Å². The highest BCUT2D eigenvalue weighted by molar-refractivity contribution is 5.93. The van der Waals surface area contributed by atoms with Crippen LogP contribution in [0.2, 0.25) is 0 Å². The molecule has 0 amide bonds. The SMILES string of the molecule is CCn1nnc2cc(C(=O)OCc3cc(C)ccc3OC)ccc21. The highest BCUT2D eigenvalue weighted by atomic mass is 16.5. The molecule has 6 heteroatoms. The van der Waals surface area contributed by atoms with E-state index in [-0.39, 0.29) is 6.61 Å². The predicted octanol–water partition coefficient (Wildman–Crippen LogP) is 3.13. The lowest BCUT2D eigenvalue weighted by Crippen LogP contribution is -2.06. The van der Waals surface area contributed by atoms with Crippen LogP contribution in [0.15, 0.2) is 36.4 Å². The summed E-state index contributed by atoms with van der Waals surface area (Å²) in [5.74, 6) is 0.307. The third-order valence-electron chi connectivity index (χ3n) is 3.84. The summed E-state index contributed by atoms with van der Waals surface area (Å²) in [7, 11) is 1.60. The molecule has 3 aromatic rings. The summed E-state index contributed by atoms with van der Waals surface area (Å²) in [4.78, 5) is 12.3. The number of carbonyl (C=O) groups excluding carboxylic acids is 1. The maximum absolute atomic E-state index is 12.3. The lowest BCUT2D eigenvalue weighted by molar-refractivity contribution is 0.0470. The summed E-state index contributed by atoms with van der Waals surface area (Å²) in [6.07, 6.45) is 0. The Labute approximate surface area is 140 Å². The van der Waals surface area contributed by atoms with Gasteiger partial charge in [-0.05, 0) is 44.2 Å². The fourth-order valence-corrected chi connectivity index (χ4v) is 2.58. The van der Waals surface area contributed by atoms with Crippen molar-refractivity contribution in [3.63, 3.8) is 0 Å². The largest absolute Gasteiger partial charge is 0.496 e. The van der Waals surface area contributed by atoms with Gasteiger partial charge in [0.05, 0.1) is 18.2 Å². The van der Waals surface area contributed by atoms with E-state index in [4.69, 9.17) is 9.47 Å². The van der Waals surface area contributed by atoms with Gasteiger partial charge in [0.2, 0.25) is 0 Å². The van der Waals surface area contributed by atoms with E-state index < -0.39 is 5.97 Å². The zero-order valence-corrected chi connectivity index (χ0v) is 13.9. The molecule has 0 aliphatic heterocycles. The highest BCUT2D eigenvalue weighted by Gasteiger charge is 2.12. The van der Waals surface area contributed by atoms with E-state index >= 15 is 0 Å². The summed E-state index contributed by atoms with van der Waals surface area (Å²) in [6, 6.07) is 11.0. The fraction of sp³-hybridized carbons (Fsp3) is 0.278. The van der Waals surface area contributed by atoms with Gasteiger partial charge in [0.25, 0.3) is 0 Å². The van der Waals surface area contributed by atoms with E-state index in [0.29, 0.717) is 16.8 Å². The molecule has 0 saturated carbocycles. The van der Waals surface area contributed by atoms with Gasteiger partial charge in [-0.3, -0.25) is 0 Å². The van der Waals surface area contributed by atoms with Crippen molar-refractivity contribution in [2.45, 2.75) is 27.0 Å². The molecule has 0 spiro atoms. The average molecular weight is 325 g/mol. The predicted molar refractivity (Wildman–Crippen MR) is 90.1 cm³/mol. The second kappa shape index (κ2) is 6.70. The van der Waals surface area contributed by atoms with Crippen LogP contribution in [0.1, 0.15) is 28.4 Å². The number of nitrogens with zero attached hydrogens (tertiary/aromatic N) is 3. The van der Waals surface area contributed by atoms with Crippen LogP contribution in [0.4, 0.5) is 0 Å². The smallest absolute Gasteiger partial charge is 0.338 e. The van der Waals surface area contributed by atoms with Crippen LogP contribution < -0.4 is 4.74 Å². The minimum Gasteiger partial charge on any atom is -0.496 e. The minimum atomic E-state index is -0.397. The molecule has 0 atom stereocenters. The number of ether oxygens (including phenoxy) is 2. The molecule has 0 N–H and O–H groups in total. The van der Waals surface area contributed by atoms with E-state index in [9.17, 15) is 4.79 Å². The Morgan fingerprint density at radius 3 is 2.79 bits per heavy atom. The van der Waals surface area contributed by atoms with Crippen LogP contribution >= 0.6 is 0 Å². The summed E-state index contributed by atoms with van der Waals surface area (Å²) in [5.41, 5.74) is 3.95. The Kier molecular flexibility index (Phi) is 4.46. The van der Waals surface area contributed by atoms with Crippen LogP contribution in [0, 0.1) is 6.92 Å². The Bertz CT molecular complexity index is 886. The number of hydrogen-bond donors (Lipinski definition) is 0. The van der Waals surface area contributed by atoms with Crippen molar-refractivity contribution in [3.8, 4) is 5.75 Å². The lowest BCUT2D eigenvalue weighted by atomic mass is 10.1. The van der Waals surface area contributed by atoms with Gasteiger partial charge in [-0.15, -0.1) is 5.10 Å². The first-order valence-corrected chi connectivity index (χ1v) is 7.76. The topological polar surface area (TPSA) is 66.2 Å². The second-order valence-corrected chi connectivity index (χ2v) is 5.50. The van der Waals surface area contributed by atoms with Gasteiger partial charge in [0.1, 0.15) is 17.9 Å². The third kappa shape index (κ3) is 3.08. The third-order valence-corrected chi connectivity index (χ3v) is 3.84. The van der Waals surface area contributed by atoms with E-state index in [1.54, 1.807) is 23.9 Å². The summed E-state index contributed by atoms with van der Waals surface area (Å²) in [6.45, 7) is 4.86. The molecule has 0 aliphatic carbocycles. The van der Waals surface area contributed by atoms with Gasteiger partial charge < -0.3 is 9.47 Å². The van der Waals surface area contributed by atoms with E-state index in [2.05, 4.69) is 10.3 Å². The molecule has 0 fully saturated rings. The number of methoxy groups -OCH3 is 1. The lowest BCUT2D eigenvalue weighted by Gasteiger charge is -2.10. The van der Waals surface area contributed by atoms with Crippen molar-refractivity contribution in [2.24, 2.45) is 0 Å². The van der Waals surface area contributed by atoms with Crippen molar-refractivity contribution in [1.82, 2.24) is 15.0 Å². The molecule has 2 aromatic carbocycles. The zero-order valence-electron chi connectivity index (χ0n) is 13.9. The van der Waals surface area contributed by atoms with Gasteiger partial charge in [0, 0.05) is 12.1 Å². The molecule has 0 radical (unpaired) electrons. The minimum absolute atomic E-state index is 0.156. The van der Waals surface area contributed by atoms with Crippen LogP contribution in [0.25, 0.3) is 11.0 Å².